The maximum atomic E-state index is 13.7. The lowest BCUT2D eigenvalue weighted by molar-refractivity contribution is -0.123. The molecule has 2 N–H and O–H groups in total. The van der Waals surface area contributed by atoms with Gasteiger partial charge in [0, 0.05) is 30.3 Å². The van der Waals surface area contributed by atoms with Gasteiger partial charge in [0.05, 0.1) is 0 Å². The van der Waals surface area contributed by atoms with Crippen molar-refractivity contribution in [2.45, 2.75) is 38.4 Å². The van der Waals surface area contributed by atoms with E-state index < -0.39 is 11.6 Å². The normalized spacial score (nSPS) is 14.7. The van der Waals surface area contributed by atoms with Crippen molar-refractivity contribution in [2.75, 3.05) is 6.61 Å². The first-order chi connectivity index (χ1) is 12.5. The lowest BCUT2D eigenvalue weighted by Crippen LogP contribution is -2.30. The number of halogens is 2. The van der Waals surface area contributed by atoms with E-state index in [1.165, 1.54) is 12.1 Å². The predicted octanol–water partition coefficient (Wildman–Crippen LogP) is 3.47. The molecule has 0 saturated heterocycles. The molecule has 26 heavy (non-hydrogen) atoms. The summed E-state index contributed by atoms with van der Waals surface area (Å²) in [5.41, 5.74) is 1.42. The first-order valence-electron chi connectivity index (χ1n) is 8.70. The minimum absolute atomic E-state index is 0.00743. The molecule has 2 aromatic rings. The van der Waals surface area contributed by atoms with Gasteiger partial charge in [-0.3, -0.25) is 4.79 Å². The summed E-state index contributed by atoms with van der Waals surface area (Å²) in [6, 6.07) is 11.3. The van der Waals surface area contributed by atoms with Crippen molar-refractivity contribution < 1.29 is 18.3 Å². The van der Waals surface area contributed by atoms with E-state index in [0.29, 0.717) is 23.9 Å². The zero-order valence-electron chi connectivity index (χ0n) is 14.6. The van der Waals surface area contributed by atoms with Crippen LogP contribution in [0.3, 0.4) is 0 Å². The van der Waals surface area contributed by atoms with Gasteiger partial charge in [-0.1, -0.05) is 18.2 Å². The second-order valence-corrected chi connectivity index (χ2v) is 6.54. The maximum Gasteiger partial charge on any atom is 0.258 e. The van der Waals surface area contributed by atoms with Crippen LogP contribution in [0.15, 0.2) is 42.5 Å². The number of hydrogen-bond donors (Lipinski definition) is 2. The van der Waals surface area contributed by atoms with Gasteiger partial charge in [0.2, 0.25) is 0 Å². The highest BCUT2D eigenvalue weighted by Gasteiger charge is 2.23. The molecule has 0 radical (unpaired) electrons. The molecule has 6 heteroatoms. The second-order valence-electron chi connectivity index (χ2n) is 6.54. The summed E-state index contributed by atoms with van der Waals surface area (Å²) in [6.07, 6.45) is 2.10. The van der Waals surface area contributed by atoms with E-state index in [9.17, 15) is 13.6 Å². The van der Waals surface area contributed by atoms with E-state index in [0.717, 1.165) is 24.5 Å². The first kappa shape index (κ1) is 18.3. The average Bonchev–Trinajstić information content (AvgIpc) is 3.43. The lowest BCUT2D eigenvalue weighted by atomic mass is 10.1. The number of benzene rings is 2. The third-order valence-electron chi connectivity index (χ3n) is 4.31. The Morgan fingerprint density at radius 2 is 1.92 bits per heavy atom. The number of rotatable bonds is 8. The minimum atomic E-state index is -0.583. The van der Waals surface area contributed by atoms with Gasteiger partial charge in [-0.2, -0.15) is 0 Å². The molecular formula is C20H22F2N2O2. The van der Waals surface area contributed by atoms with Crippen molar-refractivity contribution in [1.82, 2.24) is 10.6 Å². The topological polar surface area (TPSA) is 50.4 Å². The Hall–Kier alpha value is -2.47. The summed E-state index contributed by atoms with van der Waals surface area (Å²) in [4.78, 5) is 11.6. The van der Waals surface area contributed by atoms with Crippen LogP contribution in [0.5, 0.6) is 5.75 Å². The highest BCUT2D eigenvalue weighted by Crippen LogP contribution is 2.20. The van der Waals surface area contributed by atoms with Crippen LogP contribution in [0.4, 0.5) is 8.78 Å². The van der Waals surface area contributed by atoms with Gasteiger partial charge < -0.3 is 15.4 Å². The summed E-state index contributed by atoms with van der Waals surface area (Å²) in [7, 11) is 0. The Bertz CT molecular complexity index is 761. The molecule has 1 aliphatic carbocycles. The van der Waals surface area contributed by atoms with Gasteiger partial charge >= 0.3 is 0 Å². The lowest BCUT2D eigenvalue weighted by Gasteiger charge is -2.15. The summed E-state index contributed by atoms with van der Waals surface area (Å²) < 4.78 is 32.1. The Labute approximate surface area is 151 Å². The Morgan fingerprint density at radius 3 is 2.58 bits per heavy atom. The maximum absolute atomic E-state index is 13.7. The van der Waals surface area contributed by atoms with E-state index in [4.69, 9.17) is 4.74 Å². The number of carbonyl (C=O) groups excluding carboxylic acids is 1. The standard InChI is InChI=1S/C20H22F2N2O2/c1-13(23-11-15-2-5-16(21)10-19(15)22)14-3-8-18(9-4-14)26-12-20(25)24-17-6-7-17/h2-5,8-10,13,17,23H,6-7,11-12H2,1H3,(H,24,25). The monoisotopic (exact) mass is 360 g/mol. The van der Waals surface area contributed by atoms with Crippen LogP contribution in [0, 0.1) is 11.6 Å². The average molecular weight is 360 g/mol. The summed E-state index contributed by atoms with van der Waals surface area (Å²) in [6.45, 7) is 2.26. The SMILES string of the molecule is CC(NCc1ccc(F)cc1F)c1ccc(OCC(=O)NC2CC2)cc1. The number of carbonyl (C=O) groups is 1. The van der Waals surface area contributed by atoms with Crippen molar-refractivity contribution in [3.8, 4) is 5.75 Å². The molecule has 0 heterocycles. The van der Waals surface area contributed by atoms with Gasteiger partial charge in [0.25, 0.3) is 5.91 Å². The fourth-order valence-corrected chi connectivity index (χ4v) is 2.54. The molecular weight excluding hydrogens is 338 g/mol. The van der Waals surface area contributed by atoms with Crippen LogP contribution in [0.25, 0.3) is 0 Å². The summed E-state index contributed by atoms with van der Waals surface area (Å²) >= 11 is 0. The first-order valence-corrected chi connectivity index (χ1v) is 8.70. The molecule has 0 bridgehead atoms. The van der Waals surface area contributed by atoms with E-state index >= 15 is 0 Å². The third kappa shape index (κ3) is 5.26. The van der Waals surface area contributed by atoms with Crippen molar-refractivity contribution >= 4 is 5.91 Å². The molecule has 1 amide bonds. The molecule has 0 aliphatic heterocycles. The second kappa shape index (κ2) is 8.27. The fraction of sp³-hybridized carbons (Fsp3) is 0.350. The van der Waals surface area contributed by atoms with E-state index in [1.54, 1.807) is 12.1 Å². The van der Waals surface area contributed by atoms with Crippen LogP contribution in [-0.2, 0) is 11.3 Å². The van der Waals surface area contributed by atoms with Gasteiger partial charge in [-0.05, 0) is 43.5 Å². The molecule has 1 fully saturated rings. The molecule has 1 aliphatic rings. The number of nitrogens with one attached hydrogen (secondary N) is 2. The highest BCUT2D eigenvalue weighted by molar-refractivity contribution is 5.78. The van der Waals surface area contributed by atoms with Gasteiger partial charge in [0.15, 0.2) is 6.61 Å². The van der Waals surface area contributed by atoms with Crippen molar-refractivity contribution in [3.63, 3.8) is 0 Å². The van der Waals surface area contributed by atoms with Crippen LogP contribution in [0.2, 0.25) is 0 Å². The predicted molar refractivity (Wildman–Crippen MR) is 94.7 cm³/mol. The van der Waals surface area contributed by atoms with Crippen molar-refractivity contribution in [2.24, 2.45) is 0 Å². The van der Waals surface area contributed by atoms with Crippen LogP contribution < -0.4 is 15.4 Å². The van der Waals surface area contributed by atoms with Crippen LogP contribution in [-0.4, -0.2) is 18.6 Å². The van der Waals surface area contributed by atoms with Crippen molar-refractivity contribution in [3.05, 3.63) is 65.2 Å². The molecule has 1 unspecified atom stereocenters. The Kier molecular flexibility index (Phi) is 5.83. The van der Waals surface area contributed by atoms with Crippen LogP contribution in [0.1, 0.15) is 36.9 Å². The molecule has 1 saturated carbocycles. The Balaban J connectivity index is 1.48. The van der Waals surface area contributed by atoms with E-state index in [2.05, 4.69) is 10.6 Å². The van der Waals surface area contributed by atoms with E-state index in [-0.39, 0.29) is 18.6 Å². The minimum Gasteiger partial charge on any atom is -0.484 e. The third-order valence-corrected chi connectivity index (χ3v) is 4.31. The van der Waals surface area contributed by atoms with Gasteiger partial charge in [0.1, 0.15) is 17.4 Å². The molecule has 3 rings (SSSR count). The molecule has 2 aromatic carbocycles. The molecule has 0 spiro atoms. The summed E-state index contributed by atoms with van der Waals surface area (Å²) in [5, 5.41) is 6.07. The van der Waals surface area contributed by atoms with Gasteiger partial charge in [-0.25, -0.2) is 8.78 Å². The fourth-order valence-electron chi connectivity index (χ4n) is 2.54. The number of ether oxygens (including phenoxy) is 1. The Morgan fingerprint density at radius 1 is 1.19 bits per heavy atom. The molecule has 4 nitrogen and oxygen atoms in total. The highest BCUT2D eigenvalue weighted by atomic mass is 19.1. The molecule has 0 aromatic heterocycles. The number of hydrogen-bond acceptors (Lipinski definition) is 3. The van der Waals surface area contributed by atoms with Crippen molar-refractivity contribution in [1.29, 1.82) is 0 Å². The summed E-state index contributed by atoms with van der Waals surface area (Å²) in [5.74, 6) is -0.622. The zero-order chi connectivity index (χ0) is 18.5. The van der Waals surface area contributed by atoms with Gasteiger partial charge in [-0.15, -0.1) is 0 Å². The molecule has 1 atom stereocenters. The quantitative estimate of drug-likeness (QED) is 0.758. The zero-order valence-corrected chi connectivity index (χ0v) is 14.6. The molecule has 138 valence electrons. The number of amides is 1. The smallest absolute Gasteiger partial charge is 0.258 e. The van der Waals surface area contributed by atoms with Crippen LogP contribution >= 0.6 is 0 Å². The largest absolute Gasteiger partial charge is 0.484 e. The van der Waals surface area contributed by atoms with E-state index in [1.807, 2.05) is 19.1 Å².